The largest absolute Gasteiger partial charge is 0.484 e. The second-order valence-corrected chi connectivity index (χ2v) is 6.82. The summed E-state index contributed by atoms with van der Waals surface area (Å²) in [4.78, 5) is 23.2. The molecule has 0 unspecified atom stereocenters. The van der Waals surface area contributed by atoms with Gasteiger partial charge in [-0.3, -0.25) is 4.79 Å². The van der Waals surface area contributed by atoms with Crippen molar-refractivity contribution in [1.29, 1.82) is 0 Å². The average molecular weight is 423 g/mol. The highest BCUT2D eigenvalue weighted by Crippen LogP contribution is 2.21. The fourth-order valence-corrected chi connectivity index (χ4v) is 2.99. The van der Waals surface area contributed by atoms with Crippen molar-refractivity contribution in [2.45, 2.75) is 20.8 Å². The Morgan fingerprint density at radius 1 is 1.00 bits per heavy atom. The van der Waals surface area contributed by atoms with Crippen molar-refractivity contribution in [1.82, 2.24) is 9.97 Å². The van der Waals surface area contributed by atoms with Crippen molar-refractivity contribution in [3.05, 3.63) is 66.2 Å². The van der Waals surface area contributed by atoms with Crippen LogP contribution in [0, 0.1) is 12.7 Å². The first-order chi connectivity index (χ1) is 15.0. The number of carbonyl (C=O) groups is 1. The standard InChI is InChI=1S/C23H26FN5O2/c1-4-29(5-2)22-14-21(25-16(3)26-22)27-18-8-10-19(11-9-18)28-23(30)15-31-20-12-6-17(24)7-13-20/h6-14H,4-5,15H2,1-3H3,(H,28,30)(H,25,26,27). The number of aromatic nitrogens is 2. The molecule has 1 heterocycles. The number of hydrogen-bond acceptors (Lipinski definition) is 6. The molecular formula is C23H26FN5O2. The van der Waals surface area contributed by atoms with E-state index in [0.29, 0.717) is 23.1 Å². The lowest BCUT2D eigenvalue weighted by atomic mass is 10.2. The number of anilines is 4. The van der Waals surface area contributed by atoms with Gasteiger partial charge in [0, 0.05) is 30.5 Å². The van der Waals surface area contributed by atoms with Gasteiger partial charge in [0.05, 0.1) is 0 Å². The summed E-state index contributed by atoms with van der Waals surface area (Å²) in [6.45, 7) is 7.61. The van der Waals surface area contributed by atoms with Gasteiger partial charge in [-0.05, 0) is 69.3 Å². The van der Waals surface area contributed by atoms with Crippen molar-refractivity contribution in [2.75, 3.05) is 35.2 Å². The van der Waals surface area contributed by atoms with Crippen molar-refractivity contribution in [3.63, 3.8) is 0 Å². The molecule has 31 heavy (non-hydrogen) atoms. The number of rotatable bonds is 9. The molecule has 0 aliphatic heterocycles. The van der Waals surface area contributed by atoms with Crippen LogP contribution in [0.15, 0.2) is 54.6 Å². The lowest BCUT2D eigenvalue weighted by molar-refractivity contribution is -0.118. The molecule has 0 spiro atoms. The van der Waals surface area contributed by atoms with E-state index in [9.17, 15) is 9.18 Å². The summed E-state index contributed by atoms with van der Waals surface area (Å²) in [6.07, 6.45) is 0. The summed E-state index contributed by atoms with van der Waals surface area (Å²) in [5, 5.41) is 6.04. The smallest absolute Gasteiger partial charge is 0.262 e. The van der Waals surface area contributed by atoms with Crippen molar-refractivity contribution >= 4 is 28.9 Å². The van der Waals surface area contributed by atoms with Crippen molar-refractivity contribution in [3.8, 4) is 5.75 Å². The zero-order valence-electron chi connectivity index (χ0n) is 17.9. The molecule has 7 nitrogen and oxygen atoms in total. The molecule has 0 radical (unpaired) electrons. The van der Waals surface area contributed by atoms with Crippen molar-refractivity contribution < 1.29 is 13.9 Å². The molecule has 162 valence electrons. The van der Waals surface area contributed by atoms with Crippen LogP contribution in [0.5, 0.6) is 5.75 Å². The van der Waals surface area contributed by atoms with Crippen LogP contribution in [0.1, 0.15) is 19.7 Å². The molecule has 0 aliphatic rings. The topological polar surface area (TPSA) is 79.4 Å². The minimum Gasteiger partial charge on any atom is -0.484 e. The summed E-state index contributed by atoms with van der Waals surface area (Å²) in [5.41, 5.74) is 1.48. The van der Waals surface area contributed by atoms with Gasteiger partial charge in [0.15, 0.2) is 6.61 Å². The van der Waals surface area contributed by atoms with E-state index < -0.39 is 0 Å². The Bertz CT molecular complexity index is 1010. The number of carbonyl (C=O) groups excluding carboxylic acids is 1. The highest BCUT2D eigenvalue weighted by Gasteiger charge is 2.08. The Labute approximate surface area is 181 Å². The van der Waals surface area contributed by atoms with Gasteiger partial charge in [0.2, 0.25) is 0 Å². The Kier molecular flexibility index (Phi) is 7.37. The van der Waals surface area contributed by atoms with Gasteiger partial charge in [-0.1, -0.05) is 0 Å². The van der Waals surface area contributed by atoms with E-state index in [1.54, 1.807) is 12.1 Å². The fraction of sp³-hybridized carbons (Fsp3) is 0.261. The Balaban J connectivity index is 1.57. The first kappa shape index (κ1) is 22.0. The van der Waals surface area contributed by atoms with Gasteiger partial charge in [-0.25, -0.2) is 14.4 Å². The maximum Gasteiger partial charge on any atom is 0.262 e. The molecule has 8 heteroatoms. The van der Waals surface area contributed by atoms with Crippen LogP contribution in [0.25, 0.3) is 0 Å². The predicted molar refractivity (Wildman–Crippen MR) is 121 cm³/mol. The number of aryl methyl sites for hydroxylation is 1. The number of hydrogen-bond donors (Lipinski definition) is 2. The second-order valence-electron chi connectivity index (χ2n) is 6.82. The molecular weight excluding hydrogens is 397 g/mol. The third-order valence-electron chi connectivity index (χ3n) is 4.54. The first-order valence-electron chi connectivity index (χ1n) is 10.1. The lowest BCUT2D eigenvalue weighted by Crippen LogP contribution is -2.23. The second kappa shape index (κ2) is 10.4. The van der Waals surface area contributed by atoms with Gasteiger partial charge in [0.25, 0.3) is 5.91 Å². The predicted octanol–water partition coefficient (Wildman–Crippen LogP) is 4.53. The molecule has 0 saturated heterocycles. The molecule has 0 saturated carbocycles. The number of benzene rings is 2. The number of ether oxygens (including phenoxy) is 1. The highest BCUT2D eigenvalue weighted by atomic mass is 19.1. The quantitative estimate of drug-likeness (QED) is 0.526. The van der Waals surface area contributed by atoms with E-state index in [-0.39, 0.29) is 18.3 Å². The van der Waals surface area contributed by atoms with E-state index in [1.165, 1.54) is 24.3 Å². The summed E-state index contributed by atoms with van der Waals surface area (Å²) >= 11 is 0. The molecule has 0 aliphatic carbocycles. The molecule has 2 N–H and O–H groups in total. The summed E-state index contributed by atoms with van der Waals surface area (Å²) < 4.78 is 18.3. The maximum absolute atomic E-state index is 12.9. The van der Waals surface area contributed by atoms with Crippen LogP contribution >= 0.6 is 0 Å². The van der Waals surface area contributed by atoms with Gasteiger partial charge in [-0.15, -0.1) is 0 Å². The zero-order valence-corrected chi connectivity index (χ0v) is 17.9. The van der Waals surface area contributed by atoms with Crippen LogP contribution in [-0.4, -0.2) is 35.6 Å². The molecule has 0 bridgehead atoms. The molecule has 1 aromatic heterocycles. The molecule has 1 amide bonds. The Morgan fingerprint density at radius 2 is 1.65 bits per heavy atom. The Hall–Kier alpha value is -3.68. The number of nitrogens with zero attached hydrogens (tertiary/aromatic N) is 3. The van der Waals surface area contributed by atoms with Gasteiger partial charge < -0.3 is 20.3 Å². The van der Waals surface area contributed by atoms with E-state index in [1.807, 2.05) is 25.1 Å². The molecule has 3 aromatic rings. The maximum atomic E-state index is 12.9. The van der Waals surface area contributed by atoms with Crippen LogP contribution in [0.2, 0.25) is 0 Å². The van der Waals surface area contributed by atoms with Gasteiger partial charge in [-0.2, -0.15) is 0 Å². The minimum absolute atomic E-state index is 0.167. The van der Waals surface area contributed by atoms with Crippen LogP contribution in [0.3, 0.4) is 0 Å². The Morgan fingerprint density at radius 3 is 2.29 bits per heavy atom. The summed E-state index contributed by atoms with van der Waals surface area (Å²) in [7, 11) is 0. The van der Waals surface area contributed by atoms with Crippen LogP contribution < -0.4 is 20.3 Å². The van der Waals surface area contributed by atoms with Crippen molar-refractivity contribution in [2.24, 2.45) is 0 Å². The van der Waals surface area contributed by atoms with Gasteiger partial charge >= 0.3 is 0 Å². The zero-order chi connectivity index (χ0) is 22.2. The minimum atomic E-state index is -0.355. The number of amides is 1. The van der Waals surface area contributed by atoms with E-state index in [4.69, 9.17) is 4.74 Å². The normalized spacial score (nSPS) is 10.5. The average Bonchev–Trinajstić information content (AvgIpc) is 2.75. The van der Waals surface area contributed by atoms with E-state index in [2.05, 4.69) is 39.3 Å². The third kappa shape index (κ3) is 6.40. The lowest BCUT2D eigenvalue weighted by Gasteiger charge is -2.20. The third-order valence-corrected chi connectivity index (χ3v) is 4.54. The summed E-state index contributed by atoms with van der Waals surface area (Å²) in [6, 6.07) is 14.7. The first-order valence-corrected chi connectivity index (χ1v) is 10.1. The molecule has 0 atom stereocenters. The molecule has 0 fully saturated rings. The van der Waals surface area contributed by atoms with E-state index in [0.717, 1.165) is 24.6 Å². The number of halogens is 1. The van der Waals surface area contributed by atoms with E-state index >= 15 is 0 Å². The fourth-order valence-electron chi connectivity index (χ4n) is 2.99. The monoisotopic (exact) mass is 423 g/mol. The SMILES string of the molecule is CCN(CC)c1cc(Nc2ccc(NC(=O)COc3ccc(F)cc3)cc2)nc(C)n1. The number of nitrogens with one attached hydrogen (secondary N) is 2. The highest BCUT2D eigenvalue weighted by molar-refractivity contribution is 5.92. The van der Waals surface area contributed by atoms with Crippen LogP contribution in [0.4, 0.5) is 27.4 Å². The summed E-state index contributed by atoms with van der Waals surface area (Å²) in [5.74, 6) is 2.05. The van der Waals surface area contributed by atoms with Crippen LogP contribution in [-0.2, 0) is 4.79 Å². The van der Waals surface area contributed by atoms with Gasteiger partial charge in [0.1, 0.15) is 29.0 Å². The molecule has 3 rings (SSSR count). The molecule has 2 aromatic carbocycles.